The molecule has 0 amide bonds. The number of hydrogen-bond acceptors (Lipinski definition) is 1. The maximum absolute atomic E-state index is 13.8. The van der Waals surface area contributed by atoms with Gasteiger partial charge in [0.25, 0.3) is 0 Å². The Kier molecular flexibility index (Phi) is 5.72. The third kappa shape index (κ3) is 4.53. The Morgan fingerprint density at radius 1 is 0.654 bits per heavy atom. The van der Waals surface area contributed by atoms with Crippen molar-refractivity contribution in [3.05, 3.63) is 59.2 Å². The molecule has 0 heterocycles. The zero-order chi connectivity index (χ0) is 19.9. The van der Waals surface area contributed by atoms with Crippen LogP contribution < -0.4 is 8.92 Å². The zero-order valence-electron chi connectivity index (χ0n) is 17.9. The Morgan fingerprint density at radius 2 is 1.08 bits per heavy atom. The van der Waals surface area contributed by atoms with Gasteiger partial charge in [-0.25, -0.2) is 0 Å². The van der Waals surface area contributed by atoms with Crippen molar-refractivity contribution >= 4 is 22.8 Å². The number of rotatable bonds is 2. The molecule has 0 aliphatic heterocycles. The molecule has 0 fully saturated rings. The third-order valence-corrected chi connectivity index (χ3v) is 7.88. The van der Waals surface area contributed by atoms with Crippen LogP contribution in [0.1, 0.15) is 79.0 Å². The molecule has 2 aromatic rings. The van der Waals surface area contributed by atoms with Gasteiger partial charge in [0.2, 0.25) is 0 Å². The van der Waals surface area contributed by atoms with Crippen LogP contribution in [0.5, 0.6) is 0 Å². The van der Waals surface area contributed by atoms with Gasteiger partial charge in [0.05, 0.1) is 0 Å². The topological polar surface area (TPSA) is 17.1 Å². The minimum absolute atomic E-state index is 0.0580. The molecular formula is C24H34OSe. The van der Waals surface area contributed by atoms with E-state index in [1.165, 1.54) is 16.7 Å². The van der Waals surface area contributed by atoms with Crippen molar-refractivity contribution in [2.24, 2.45) is 0 Å². The van der Waals surface area contributed by atoms with Crippen LogP contribution in [-0.2, 0) is 20.1 Å². The summed E-state index contributed by atoms with van der Waals surface area (Å²) < 4.78 is 15.8. The van der Waals surface area contributed by atoms with Crippen molar-refractivity contribution in [2.45, 2.75) is 78.6 Å². The maximum atomic E-state index is 13.8. The van der Waals surface area contributed by atoms with Gasteiger partial charge in [-0.3, -0.25) is 0 Å². The Hall–Kier alpha value is -1.24. The monoisotopic (exact) mass is 418 g/mol. The first-order valence-electron chi connectivity index (χ1n) is 9.39. The summed E-state index contributed by atoms with van der Waals surface area (Å²) in [4.78, 5) is 0. The van der Waals surface area contributed by atoms with Crippen molar-refractivity contribution in [3.63, 3.8) is 0 Å². The fourth-order valence-electron chi connectivity index (χ4n) is 3.04. The van der Waals surface area contributed by atoms with E-state index >= 15 is 0 Å². The van der Waals surface area contributed by atoms with E-state index in [-0.39, 0.29) is 16.2 Å². The van der Waals surface area contributed by atoms with Crippen LogP contribution in [0.2, 0.25) is 0 Å². The second kappa shape index (κ2) is 7.06. The molecule has 1 atom stereocenters. The van der Waals surface area contributed by atoms with E-state index in [0.717, 1.165) is 8.92 Å². The predicted octanol–water partition coefficient (Wildman–Crippen LogP) is 5.12. The van der Waals surface area contributed by atoms with Crippen molar-refractivity contribution in [1.82, 2.24) is 0 Å². The average molecular weight is 417 g/mol. The van der Waals surface area contributed by atoms with Gasteiger partial charge in [-0.05, 0) is 0 Å². The second-order valence-corrected chi connectivity index (χ2v) is 13.2. The summed E-state index contributed by atoms with van der Waals surface area (Å²) >= 11 is -2.36. The van der Waals surface area contributed by atoms with Gasteiger partial charge in [0.15, 0.2) is 0 Å². The van der Waals surface area contributed by atoms with E-state index in [1.54, 1.807) is 0 Å². The predicted molar refractivity (Wildman–Crippen MR) is 115 cm³/mol. The van der Waals surface area contributed by atoms with E-state index < -0.39 is 13.8 Å². The Morgan fingerprint density at radius 3 is 1.42 bits per heavy atom. The molecule has 0 N–H and O–H groups in total. The van der Waals surface area contributed by atoms with E-state index in [9.17, 15) is 3.83 Å². The molecule has 0 saturated heterocycles. The fraction of sp³-hybridized carbons (Fsp3) is 0.500. The first-order valence-corrected chi connectivity index (χ1v) is 11.8. The Labute approximate surface area is 164 Å². The van der Waals surface area contributed by atoms with Crippen LogP contribution in [-0.4, -0.2) is 13.8 Å². The molecule has 0 bridgehead atoms. The molecule has 0 aliphatic carbocycles. The second-order valence-electron chi connectivity index (χ2n) is 10.2. The molecule has 0 saturated carbocycles. The van der Waals surface area contributed by atoms with Crippen molar-refractivity contribution in [3.8, 4) is 0 Å². The summed E-state index contributed by atoms with van der Waals surface area (Å²) in [7, 11) is 0. The van der Waals surface area contributed by atoms with Gasteiger partial charge in [0, 0.05) is 0 Å². The standard InChI is InChI=1S/C24H34OSe/c1-22(2,3)17-15-19(23(4,5)6)21(20(16-17)24(7,8)9)26(25)18-13-11-10-12-14-18/h10-16H,1-9H3. The summed E-state index contributed by atoms with van der Waals surface area (Å²) in [6, 6.07) is 14.6. The van der Waals surface area contributed by atoms with E-state index in [1.807, 2.05) is 30.3 Å². The SMILES string of the molecule is CC(C)(C)c1cc(C(C)(C)C)c([Se](=O)c2ccccc2)c(C(C)(C)C)c1. The molecule has 2 heteroatoms. The van der Waals surface area contributed by atoms with E-state index in [2.05, 4.69) is 74.4 Å². The van der Waals surface area contributed by atoms with Gasteiger partial charge in [0.1, 0.15) is 0 Å². The van der Waals surface area contributed by atoms with E-state index in [4.69, 9.17) is 0 Å². The van der Waals surface area contributed by atoms with Gasteiger partial charge in [-0.1, -0.05) is 0 Å². The minimum atomic E-state index is -2.36. The first kappa shape index (κ1) is 21.1. The molecule has 1 nitrogen and oxygen atoms in total. The molecule has 2 rings (SSSR count). The summed E-state index contributed by atoms with van der Waals surface area (Å²) in [6.45, 7) is 20.1. The average Bonchev–Trinajstić information content (AvgIpc) is 2.51. The van der Waals surface area contributed by atoms with E-state index in [0.29, 0.717) is 0 Å². The molecule has 0 aromatic heterocycles. The van der Waals surface area contributed by atoms with Gasteiger partial charge >= 0.3 is 164 Å². The molecule has 0 spiro atoms. The fourth-order valence-corrected chi connectivity index (χ4v) is 6.75. The number of hydrogen-bond donors (Lipinski definition) is 0. The first-order chi connectivity index (χ1) is 11.7. The molecular weight excluding hydrogens is 383 g/mol. The van der Waals surface area contributed by atoms with Crippen molar-refractivity contribution < 1.29 is 3.83 Å². The number of benzene rings is 2. The van der Waals surface area contributed by atoms with Gasteiger partial charge in [-0.15, -0.1) is 0 Å². The molecule has 1 unspecified atom stereocenters. The van der Waals surface area contributed by atoms with Gasteiger partial charge < -0.3 is 0 Å². The quantitative estimate of drug-likeness (QED) is 0.621. The molecule has 0 radical (unpaired) electrons. The Bertz CT molecular complexity index is 762. The van der Waals surface area contributed by atoms with Gasteiger partial charge in [-0.2, -0.15) is 0 Å². The summed E-state index contributed by atoms with van der Waals surface area (Å²) in [5.41, 5.74) is 3.74. The van der Waals surface area contributed by atoms with Crippen LogP contribution in [0, 0.1) is 0 Å². The molecule has 26 heavy (non-hydrogen) atoms. The van der Waals surface area contributed by atoms with Crippen molar-refractivity contribution in [1.29, 1.82) is 0 Å². The Balaban J connectivity index is 2.90. The zero-order valence-corrected chi connectivity index (χ0v) is 19.6. The molecule has 142 valence electrons. The molecule has 2 aromatic carbocycles. The van der Waals surface area contributed by atoms with Crippen LogP contribution in [0.4, 0.5) is 0 Å². The third-order valence-electron chi connectivity index (χ3n) is 4.71. The summed E-state index contributed by atoms with van der Waals surface area (Å²) in [5.74, 6) is 0. The summed E-state index contributed by atoms with van der Waals surface area (Å²) in [5, 5.41) is 0. The van der Waals surface area contributed by atoms with Crippen LogP contribution >= 0.6 is 0 Å². The molecule has 0 aliphatic rings. The van der Waals surface area contributed by atoms with Crippen molar-refractivity contribution in [2.75, 3.05) is 0 Å². The summed E-state index contributed by atoms with van der Waals surface area (Å²) in [6.07, 6.45) is 0. The normalized spacial score (nSPS) is 14.3. The van der Waals surface area contributed by atoms with Crippen LogP contribution in [0.15, 0.2) is 42.5 Å². The van der Waals surface area contributed by atoms with Crippen LogP contribution in [0.25, 0.3) is 0 Å². The van der Waals surface area contributed by atoms with Crippen LogP contribution in [0.3, 0.4) is 0 Å².